The zero-order valence-corrected chi connectivity index (χ0v) is 13.4. The van der Waals surface area contributed by atoms with Crippen LogP contribution < -0.4 is 11.1 Å². The molecule has 0 saturated carbocycles. The van der Waals surface area contributed by atoms with Crippen LogP contribution >= 0.6 is 0 Å². The van der Waals surface area contributed by atoms with E-state index < -0.39 is 0 Å². The van der Waals surface area contributed by atoms with E-state index in [1.807, 2.05) is 24.3 Å². The molecule has 1 unspecified atom stereocenters. The van der Waals surface area contributed by atoms with E-state index in [1.54, 1.807) is 0 Å². The van der Waals surface area contributed by atoms with Crippen LogP contribution in [0.1, 0.15) is 12.0 Å². The Kier molecular flexibility index (Phi) is 3.58. The molecular formula is C22H20N2. The van der Waals surface area contributed by atoms with Crippen LogP contribution in [0.2, 0.25) is 0 Å². The van der Waals surface area contributed by atoms with Crippen molar-refractivity contribution >= 4 is 16.5 Å². The minimum Gasteiger partial charge on any atom is -0.399 e. The molecule has 2 heteroatoms. The van der Waals surface area contributed by atoms with E-state index in [0.717, 1.165) is 17.8 Å². The summed E-state index contributed by atoms with van der Waals surface area (Å²) >= 11 is 0. The summed E-state index contributed by atoms with van der Waals surface area (Å²) in [5, 5.41) is 6.21. The summed E-state index contributed by atoms with van der Waals surface area (Å²) in [7, 11) is 0. The van der Waals surface area contributed by atoms with Crippen LogP contribution in [0, 0.1) is 0 Å². The third-order valence-electron chi connectivity index (χ3n) is 4.63. The van der Waals surface area contributed by atoms with Gasteiger partial charge in [0.25, 0.3) is 0 Å². The number of hydrogen-bond acceptors (Lipinski definition) is 2. The van der Waals surface area contributed by atoms with E-state index in [4.69, 9.17) is 5.73 Å². The van der Waals surface area contributed by atoms with E-state index >= 15 is 0 Å². The zero-order valence-electron chi connectivity index (χ0n) is 13.4. The van der Waals surface area contributed by atoms with Gasteiger partial charge in [0, 0.05) is 11.4 Å². The van der Waals surface area contributed by atoms with Crippen molar-refractivity contribution in [2.24, 2.45) is 5.73 Å². The van der Waals surface area contributed by atoms with Crippen LogP contribution in [-0.4, -0.2) is 0 Å². The first-order valence-corrected chi connectivity index (χ1v) is 8.23. The van der Waals surface area contributed by atoms with Gasteiger partial charge in [0.05, 0.1) is 5.54 Å². The first kappa shape index (κ1) is 14.6. The molecule has 3 N–H and O–H groups in total. The molecule has 3 aromatic rings. The maximum Gasteiger partial charge on any atom is 0.0849 e. The number of nitrogens with two attached hydrogens (primary N) is 1. The van der Waals surface area contributed by atoms with Crippen molar-refractivity contribution in [2.45, 2.75) is 12.0 Å². The quantitative estimate of drug-likeness (QED) is 0.718. The Bertz CT molecular complexity index is 925. The molecule has 0 fully saturated rings. The van der Waals surface area contributed by atoms with Crippen LogP contribution in [-0.2, 0) is 5.54 Å². The van der Waals surface area contributed by atoms with Gasteiger partial charge in [-0.15, -0.1) is 0 Å². The third-order valence-corrected chi connectivity index (χ3v) is 4.63. The summed E-state index contributed by atoms with van der Waals surface area (Å²) in [5.41, 5.74) is 8.84. The van der Waals surface area contributed by atoms with E-state index in [0.29, 0.717) is 0 Å². The van der Waals surface area contributed by atoms with Crippen LogP contribution in [0.25, 0.3) is 10.8 Å². The zero-order chi connectivity index (χ0) is 16.4. The molecule has 1 atom stereocenters. The maximum absolute atomic E-state index is 5.96. The molecule has 4 rings (SSSR count). The van der Waals surface area contributed by atoms with Crippen LogP contribution in [0.15, 0.2) is 96.7 Å². The lowest BCUT2D eigenvalue weighted by Gasteiger charge is -2.35. The Morgan fingerprint density at radius 1 is 0.833 bits per heavy atom. The topological polar surface area (TPSA) is 38.0 Å². The normalized spacial score (nSPS) is 19.9. The van der Waals surface area contributed by atoms with Crippen molar-refractivity contribution < 1.29 is 0 Å². The average Bonchev–Trinajstić information content (AvgIpc) is 2.64. The lowest BCUT2D eigenvalue weighted by molar-refractivity contribution is 0.614. The Morgan fingerprint density at radius 3 is 2.33 bits per heavy atom. The second-order valence-electron chi connectivity index (χ2n) is 6.27. The molecular weight excluding hydrogens is 292 g/mol. The van der Waals surface area contributed by atoms with Crippen molar-refractivity contribution in [1.82, 2.24) is 0 Å². The fraction of sp³-hybridized carbons (Fsp3) is 0.0909. The number of para-hydroxylation sites is 1. The van der Waals surface area contributed by atoms with Gasteiger partial charge >= 0.3 is 0 Å². The lowest BCUT2D eigenvalue weighted by atomic mass is 9.82. The van der Waals surface area contributed by atoms with E-state index in [1.165, 1.54) is 16.3 Å². The second-order valence-corrected chi connectivity index (χ2v) is 6.27. The number of nitrogens with one attached hydrogen (secondary N) is 1. The van der Waals surface area contributed by atoms with Gasteiger partial charge in [-0.25, -0.2) is 0 Å². The molecule has 2 nitrogen and oxygen atoms in total. The summed E-state index contributed by atoms with van der Waals surface area (Å²) in [4.78, 5) is 0. The van der Waals surface area contributed by atoms with Crippen molar-refractivity contribution in [3.05, 3.63) is 102 Å². The van der Waals surface area contributed by atoms with E-state index in [2.05, 4.69) is 72.1 Å². The van der Waals surface area contributed by atoms with Crippen molar-refractivity contribution in [3.8, 4) is 0 Å². The smallest absolute Gasteiger partial charge is 0.0849 e. The molecule has 0 radical (unpaired) electrons. The number of hydrogen-bond donors (Lipinski definition) is 2. The first-order chi connectivity index (χ1) is 11.8. The predicted octanol–water partition coefficient (Wildman–Crippen LogP) is 4.95. The molecule has 0 spiro atoms. The van der Waals surface area contributed by atoms with E-state index in [-0.39, 0.29) is 5.54 Å². The Hall–Kier alpha value is -3.00. The number of fused-ring (bicyclic) bond motifs is 1. The first-order valence-electron chi connectivity index (χ1n) is 8.23. The van der Waals surface area contributed by atoms with Crippen LogP contribution in [0.3, 0.4) is 0 Å². The number of rotatable bonds is 3. The average molecular weight is 312 g/mol. The maximum atomic E-state index is 5.96. The highest BCUT2D eigenvalue weighted by atomic mass is 15.0. The third kappa shape index (κ3) is 2.67. The standard InChI is InChI=1S/C22H20N2/c23-20-12-14-22(15-13-20,24-21-8-2-1-3-9-21)19-11-10-17-6-4-5-7-18(17)16-19/h1-14,16,24H,15,23H2. The van der Waals surface area contributed by atoms with Crippen LogP contribution in [0.5, 0.6) is 0 Å². The number of allylic oxidation sites excluding steroid dienone is 1. The molecule has 0 amide bonds. The van der Waals surface area contributed by atoms with Gasteiger partial charge in [-0.2, -0.15) is 0 Å². The second kappa shape index (κ2) is 5.89. The van der Waals surface area contributed by atoms with Gasteiger partial charge in [-0.3, -0.25) is 0 Å². The molecule has 1 aliphatic rings. The molecule has 118 valence electrons. The molecule has 0 heterocycles. The van der Waals surface area contributed by atoms with Gasteiger partial charge in [-0.05, 0) is 47.0 Å². The highest BCUT2D eigenvalue weighted by Gasteiger charge is 2.30. The number of anilines is 1. The molecule has 0 bridgehead atoms. The fourth-order valence-corrected chi connectivity index (χ4v) is 3.28. The van der Waals surface area contributed by atoms with Crippen LogP contribution in [0.4, 0.5) is 5.69 Å². The summed E-state index contributed by atoms with van der Waals surface area (Å²) in [5.74, 6) is 0. The fourth-order valence-electron chi connectivity index (χ4n) is 3.28. The lowest BCUT2D eigenvalue weighted by Crippen LogP contribution is -2.34. The molecule has 0 aromatic heterocycles. The summed E-state index contributed by atoms with van der Waals surface area (Å²) in [6, 6.07) is 25.4. The summed E-state index contributed by atoms with van der Waals surface area (Å²) in [6.45, 7) is 0. The SMILES string of the molecule is NC1=CCC(Nc2ccccc2)(c2ccc3ccccc3c2)C=C1. The summed E-state index contributed by atoms with van der Waals surface area (Å²) in [6.07, 6.45) is 7.09. The Balaban J connectivity index is 1.81. The minimum absolute atomic E-state index is 0.283. The highest BCUT2D eigenvalue weighted by Crippen LogP contribution is 2.36. The molecule has 24 heavy (non-hydrogen) atoms. The largest absolute Gasteiger partial charge is 0.399 e. The Labute approximate surface area is 142 Å². The van der Waals surface area contributed by atoms with Gasteiger partial charge in [0.15, 0.2) is 0 Å². The van der Waals surface area contributed by atoms with Gasteiger partial charge in [-0.1, -0.05) is 66.7 Å². The van der Waals surface area contributed by atoms with Gasteiger partial charge in [0.1, 0.15) is 0 Å². The van der Waals surface area contributed by atoms with Gasteiger partial charge in [0.2, 0.25) is 0 Å². The Morgan fingerprint density at radius 2 is 1.58 bits per heavy atom. The predicted molar refractivity (Wildman–Crippen MR) is 102 cm³/mol. The monoisotopic (exact) mass is 312 g/mol. The minimum atomic E-state index is -0.283. The van der Waals surface area contributed by atoms with E-state index in [9.17, 15) is 0 Å². The summed E-state index contributed by atoms with van der Waals surface area (Å²) < 4.78 is 0. The number of benzene rings is 3. The molecule has 1 aliphatic carbocycles. The van der Waals surface area contributed by atoms with Gasteiger partial charge < -0.3 is 11.1 Å². The molecule has 3 aromatic carbocycles. The molecule has 0 aliphatic heterocycles. The van der Waals surface area contributed by atoms with Crippen molar-refractivity contribution in [3.63, 3.8) is 0 Å². The van der Waals surface area contributed by atoms with Crippen molar-refractivity contribution in [1.29, 1.82) is 0 Å². The molecule has 0 saturated heterocycles. The van der Waals surface area contributed by atoms with Crippen molar-refractivity contribution in [2.75, 3.05) is 5.32 Å². The highest BCUT2D eigenvalue weighted by molar-refractivity contribution is 5.83.